The van der Waals surface area contributed by atoms with Gasteiger partial charge in [0, 0.05) is 42.9 Å². The fourth-order valence-corrected chi connectivity index (χ4v) is 4.71. The first kappa shape index (κ1) is 18.4. The molecule has 1 aromatic heterocycles. The minimum Gasteiger partial charge on any atom is -0.341 e. The zero-order valence-electron chi connectivity index (χ0n) is 15.6. The van der Waals surface area contributed by atoms with Crippen LogP contribution in [0, 0.1) is 12.3 Å². The lowest BCUT2D eigenvalue weighted by Gasteiger charge is -2.48. The largest absolute Gasteiger partial charge is 0.341 e. The highest BCUT2D eigenvalue weighted by atomic mass is 32.1. The number of aryl methyl sites for hydroxylation is 1. The molecular formula is C19H29N3O2S. The highest BCUT2D eigenvalue weighted by molar-refractivity contribution is 7.13. The van der Waals surface area contributed by atoms with E-state index in [1.807, 2.05) is 28.9 Å². The zero-order valence-corrected chi connectivity index (χ0v) is 16.4. The molecule has 0 atom stereocenters. The van der Waals surface area contributed by atoms with Crippen LogP contribution in [0.25, 0.3) is 0 Å². The number of unbranched alkanes of at least 4 members (excludes halogenated alkanes) is 1. The monoisotopic (exact) mass is 363 g/mol. The Hall–Kier alpha value is -1.40. The molecule has 0 bridgehead atoms. The van der Waals surface area contributed by atoms with E-state index in [2.05, 4.69) is 19.0 Å². The van der Waals surface area contributed by atoms with E-state index < -0.39 is 0 Å². The molecule has 0 saturated carbocycles. The summed E-state index contributed by atoms with van der Waals surface area (Å²) in [4.78, 5) is 33.0. The van der Waals surface area contributed by atoms with Gasteiger partial charge in [0.15, 0.2) is 0 Å². The molecule has 3 heterocycles. The molecule has 2 aliphatic heterocycles. The summed E-state index contributed by atoms with van der Waals surface area (Å²) < 4.78 is 0. The van der Waals surface area contributed by atoms with Crippen LogP contribution in [0.5, 0.6) is 0 Å². The van der Waals surface area contributed by atoms with Gasteiger partial charge in [0.2, 0.25) is 5.91 Å². The van der Waals surface area contributed by atoms with Gasteiger partial charge >= 0.3 is 0 Å². The summed E-state index contributed by atoms with van der Waals surface area (Å²) in [6, 6.07) is 3.93. The van der Waals surface area contributed by atoms with Crippen molar-refractivity contribution in [3.8, 4) is 0 Å². The van der Waals surface area contributed by atoms with Crippen molar-refractivity contribution >= 4 is 23.2 Å². The van der Waals surface area contributed by atoms with Gasteiger partial charge in [0.1, 0.15) is 0 Å². The second kappa shape index (κ2) is 7.46. The van der Waals surface area contributed by atoms with E-state index in [4.69, 9.17) is 0 Å². The quantitative estimate of drug-likeness (QED) is 0.729. The van der Waals surface area contributed by atoms with Crippen LogP contribution in [0.2, 0.25) is 0 Å². The lowest BCUT2D eigenvalue weighted by Crippen LogP contribution is -2.59. The van der Waals surface area contributed by atoms with Crippen LogP contribution >= 0.6 is 11.3 Å². The molecule has 6 heteroatoms. The fourth-order valence-electron chi connectivity index (χ4n) is 3.87. The second-order valence-electron chi connectivity index (χ2n) is 7.90. The molecular weight excluding hydrogens is 334 g/mol. The van der Waals surface area contributed by atoms with Gasteiger partial charge in [-0.2, -0.15) is 0 Å². The normalized spacial score (nSPS) is 18.9. The van der Waals surface area contributed by atoms with Gasteiger partial charge in [-0.25, -0.2) is 0 Å². The summed E-state index contributed by atoms with van der Waals surface area (Å²) in [6.07, 6.45) is 3.71. The number of hydrogen-bond acceptors (Lipinski definition) is 4. The van der Waals surface area contributed by atoms with Crippen molar-refractivity contribution in [1.82, 2.24) is 14.7 Å². The number of hydrogen-bond donors (Lipinski definition) is 0. The molecule has 0 aliphatic carbocycles. The first-order valence-electron chi connectivity index (χ1n) is 9.17. The van der Waals surface area contributed by atoms with Gasteiger partial charge in [-0.1, -0.05) is 0 Å². The van der Waals surface area contributed by atoms with Crippen LogP contribution in [0.4, 0.5) is 0 Å². The average molecular weight is 364 g/mol. The van der Waals surface area contributed by atoms with E-state index >= 15 is 0 Å². The van der Waals surface area contributed by atoms with Gasteiger partial charge in [0.05, 0.1) is 4.88 Å². The summed E-state index contributed by atoms with van der Waals surface area (Å²) in [7, 11) is 4.12. The molecule has 0 N–H and O–H groups in total. The smallest absolute Gasteiger partial charge is 0.263 e. The van der Waals surface area contributed by atoms with E-state index in [9.17, 15) is 9.59 Å². The lowest BCUT2D eigenvalue weighted by molar-refractivity contribution is -0.142. The fraction of sp³-hybridized carbons (Fsp3) is 0.684. The minimum atomic E-state index is 0.154. The number of rotatable bonds is 6. The predicted molar refractivity (Wildman–Crippen MR) is 101 cm³/mol. The molecule has 0 unspecified atom stereocenters. The van der Waals surface area contributed by atoms with Crippen LogP contribution in [-0.2, 0) is 4.79 Å². The second-order valence-corrected chi connectivity index (χ2v) is 9.19. The van der Waals surface area contributed by atoms with Crippen LogP contribution in [0.15, 0.2) is 12.1 Å². The Balaban J connectivity index is 1.43. The minimum absolute atomic E-state index is 0.154. The van der Waals surface area contributed by atoms with E-state index in [0.29, 0.717) is 6.42 Å². The lowest BCUT2D eigenvalue weighted by atomic mass is 9.79. The standard InChI is InChI=1S/C19H29N3O2S/c1-15-7-8-16(25-15)18(24)21-11-9-19(12-21)13-22(14-19)17(23)6-4-5-10-20(2)3/h7-8H,4-6,9-14H2,1-3H3. The van der Waals surface area contributed by atoms with Crippen molar-refractivity contribution in [2.24, 2.45) is 5.41 Å². The average Bonchev–Trinajstić information content (AvgIpc) is 3.15. The summed E-state index contributed by atoms with van der Waals surface area (Å²) >= 11 is 1.57. The van der Waals surface area contributed by atoms with E-state index in [1.54, 1.807) is 11.3 Å². The Morgan fingerprint density at radius 2 is 1.88 bits per heavy atom. The molecule has 25 heavy (non-hydrogen) atoms. The van der Waals surface area contributed by atoms with Crippen molar-refractivity contribution in [3.63, 3.8) is 0 Å². The van der Waals surface area contributed by atoms with Gasteiger partial charge in [-0.15, -0.1) is 11.3 Å². The molecule has 0 radical (unpaired) electrons. The molecule has 2 amide bonds. The predicted octanol–water partition coefficient (Wildman–Crippen LogP) is 2.46. The molecule has 2 fully saturated rings. The summed E-state index contributed by atoms with van der Waals surface area (Å²) in [5, 5.41) is 0. The van der Waals surface area contributed by atoms with Gasteiger partial charge in [0.25, 0.3) is 5.91 Å². The van der Waals surface area contributed by atoms with Gasteiger partial charge < -0.3 is 14.7 Å². The molecule has 2 saturated heterocycles. The van der Waals surface area contributed by atoms with Gasteiger partial charge in [-0.3, -0.25) is 9.59 Å². The number of carbonyl (C=O) groups is 2. The molecule has 2 aliphatic rings. The van der Waals surface area contributed by atoms with Crippen LogP contribution in [-0.4, -0.2) is 73.3 Å². The summed E-state index contributed by atoms with van der Waals surface area (Å²) in [5.74, 6) is 0.437. The Morgan fingerprint density at radius 1 is 1.16 bits per heavy atom. The maximum atomic E-state index is 12.6. The first-order chi connectivity index (χ1) is 11.9. The van der Waals surface area contributed by atoms with Crippen molar-refractivity contribution in [2.45, 2.75) is 32.6 Å². The molecule has 1 spiro atoms. The summed E-state index contributed by atoms with van der Waals surface area (Å²) in [6.45, 7) is 6.34. The third-order valence-corrected chi connectivity index (χ3v) is 6.32. The van der Waals surface area contributed by atoms with Crippen molar-refractivity contribution in [3.05, 3.63) is 21.9 Å². The summed E-state index contributed by atoms with van der Waals surface area (Å²) in [5.41, 5.74) is 0.154. The van der Waals surface area contributed by atoms with Crippen molar-refractivity contribution in [1.29, 1.82) is 0 Å². The van der Waals surface area contributed by atoms with Crippen LogP contribution < -0.4 is 0 Å². The zero-order chi connectivity index (χ0) is 18.0. The Morgan fingerprint density at radius 3 is 2.52 bits per heavy atom. The highest BCUT2D eigenvalue weighted by Gasteiger charge is 2.50. The number of amides is 2. The van der Waals surface area contributed by atoms with Crippen LogP contribution in [0.1, 0.15) is 40.2 Å². The SMILES string of the molecule is Cc1ccc(C(=O)N2CCC3(CN(C(=O)CCCCN(C)C)C3)C2)s1. The highest BCUT2D eigenvalue weighted by Crippen LogP contribution is 2.40. The number of carbonyl (C=O) groups excluding carboxylic acids is 2. The first-order valence-corrected chi connectivity index (χ1v) is 9.98. The van der Waals surface area contributed by atoms with Crippen molar-refractivity contribution < 1.29 is 9.59 Å². The maximum Gasteiger partial charge on any atom is 0.263 e. The maximum absolute atomic E-state index is 12.6. The molecule has 138 valence electrons. The number of nitrogens with zero attached hydrogens (tertiary/aromatic N) is 3. The van der Waals surface area contributed by atoms with Gasteiger partial charge in [-0.05, 0) is 59.0 Å². The van der Waals surface area contributed by atoms with E-state index in [1.165, 1.54) is 4.88 Å². The Kier molecular flexibility index (Phi) is 5.49. The van der Waals surface area contributed by atoms with E-state index in [-0.39, 0.29) is 17.2 Å². The molecule has 3 rings (SSSR count). The Labute approximate surface area is 154 Å². The number of likely N-dealkylation sites (tertiary alicyclic amines) is 2. The van der Waals surface area contributed by atoms with Crippen LogP contribution in [0.3, 0.4) is 0 Å². The molecule has 1 aromatic rings. The van der Waals surface area contributed by atoms with Crippen molar-refractivity contribution in [2.75, 3.05) is 46.8 Å². The molecule has 0 aromatic carbocycles. The topological polar surface area (TPSA) is 43.9 Å². The third-order valence-electron chi connectivity index (χ3n) is 5.33. The molecule has 5 nitrogen and oxygen atoms in total. The van der Waals surface area contributed by atoms with E-state index in [0.717, 1.165) is 56.9 Å². The Bertz CT molecular complexity index is 634. The third kappa shape index (κ3) is 4.23. The number of thiophene rings is 1.